The summed E-state index contributed by atoms with van der Waals surface area (Å²) in [5, 5.41) is 5.82. The van der Waals surface area contributed by atoms with Crippen LogP contribution in [0.15, 0.2) is 17.5 Å². The van der Waals surface area contributed by atoms with Crippen molar-refractivity contribution < 1.29 is 0 Å². The first-order chi connectivity index (χ1) is 6.90. The molecule has 1 aromatic rings. The summed E-state index contributed by atoms with van der Waals surface area (Å²) in [6.07, 6.45) is 5.52. The van der Waals surface area contributed by atoms with Crippen molar-refractivity contribution in [3.63, 3.8) is 0 Å². The molecule has 1 N–H and O–H groups in total. The van der Waals surface area contributed by atoms with Crippen LogP contribution >= 0.6 is 11.3 Å². The van der Waals surface area contributed by atoms with Gasteiger partial charge in [0.25, 0.3) is 0 Å². The van der Waals surface area contributed by atoms with Gasteiger partial charge in [-0.3, -0.25) is 0 Å². The molecule has 1 nitrogen and oxygen atoms in total. The summed E-state index contributed by atoms with van der Waals surface area (Å²) in [7, 11) is 0. The lowest BCUT2D eigenvalue weighted by atomic mass is 10.2. The highest BCUT2D eigenvalue weighted by Crippen LogP contribution is 2.32. The van der Waals surface area contributed by atoms with Crippen LogP contribution in [0.1, 0.15) is 43.5 Å². The second-order valence-electron chi connectivity index (χ2n) is 4.16. The van der Waals surface area contributed by atoms with Gasteiger partial charge in [-0.2, -0.15) is 0 Å². The zero-order chi connectivity index (χ0) is 9.80. The first-order valence-corrected chi connectivity index (χ1v) is 6.55. The molecule has 0 aromatic carbocycles. The van der Waals surface area contributed by atoms with Gasteiger partial charge in [-0.1, -0.05) is 25.8 Å². The molecule has 1 saturated carbocycles. The Balaban J connectivity index is 1.74. The summed E-state index contributed by atoms with van der Waals surface area (Å²) in [6.45, 7) is 3.45. The fourth-order valence-corrected chi connectivity index (χ4v) is 2.69. The van der Waals surface area contributed by atoms with Crippen LogP contribution in [0.25, 0.3) is 0 Å². The first kappa shape index (κ1) is 10.2. The van der Waals surface area contributed by atoms with E-state index in [1.807, 2.05) is 11.3 Å². The highest BCUT2D eigenvalue weighted by atomic mass is 32.1. The maximum Gasteiger partial charge on any atom is 0.0412 e. The third-order valence-electron chi connectivity index (χ3n) is 2.94. The molecule has 1 aliphatic rings. The lowest BCUT2D eigenvalue weighted by molar-refractivity contribution is 0.504. The van der Waals surface area contributed by atoms with Gasteiger partial charge in [0.2, 0.25) is 0 Å². The van der Waals surface area contributed by atoms with Crippen molar-refractivity contribution in [1.29, 1.82) is 0 Å². The van der Waals surface area contributed by atoms with E-state index in [4.69, 9.17) is 0 Å². The van der Waals surface area contributed by atoms with Crippen molar-refractivity contribution in [1.82, 2.24) is 5.32 Å². The lowest BCUT2D eigenvalue weighted by Gasteiger charge is -2.14. The van der Waals surface area contributed by atoms with Crippen molar-refractivity contribution in [3.05, 3.63) is 22.4 Å². The minimum absolute atomic E-state index is 0.591. The topological polar surface area (TPSA) is 12.0 Å². The van der Waals surface area contributed by atoms with E-state index in [9.17, 15) is 0 Å². The first-order valence-electron chi connectivity index (χ1n) is 5.67. The summed E-state index contributed by atoms with van der Waals surface area (Å²) in [4.78, 5) is 1.49. The third kappa shape index (κ3) is 2.82. The van der Waals surface area contributed by atoms with Crippen molar-refractivity contribution in [2.45, 2.75) is 38.6 Å². The molecular formula is C12H19NS. The number of nitrogens with one attached hydrogen (secondary N) is 1. The maximum atomic E-state index is 3.65. The molecule has 0 aliphatic heterocycles. The molecule has 14 heavy (non-hydrogen) atoms. The lowest BCUT2D eigenvalue weighted by Crippen LogP contribution is -2.21. The van der Waals surface area contributed by atoms with Gasteiger partial charge in [-0.25, -0.2) is 0 Å². The van der Waals surface area contributed by atoms with Crippen LogP contribution in [0.2, 0.25) is 0 Å². The third-order valence-corrected chi connectivity index (χ3v) is 3.92. The number of rotatable bonds is 6. The van der Waals surface area contributed by atoms with Crippen molar-refractivity contribution in [2.75, 3.05) is 6.54 Å². The Hall–Kier alpha value is -0.340. The average molecular weight is 209 g/mol. The number of thiophene rings is 1. The molecule has 1 unspecified atom stereocenters. The number of hydrogen-bond acceptors (Lipinski definition) is 2. The second kappa shape index (κ2) is 4.94. The van der Waals surface area contributed by atoms with Crippen LogP contribution in [0.4, 0.5) is 0 Å². The minimum atomic E-state index is 0.591. The van der Waals surface area contributed by atoms with Gasteiger partial charge in [0, 0.05) is 10.9 Å². The Bertz CT molecular complexity index is 251. The molecule has 1 aliphatic carbocycles. The van der Waals surface area contributed by atoms with Crippen LogP contribution in [0.3, 0.4) is 0 Å². The normalized spacial score (nSPS) is 18.4. The molecule has 1 atom stereocenters. The van der Waals surface area contributed by atoms with E-state index in [0.717, 1.165) is 5.92 Å². The van der Waals surface area contributed by atoms with Crippen molar-refractivity contribution in [2.24, 2.45) is 5.92 Å². The van der Waals surface area contributed by atoms with Crippen LogP contribution in [0, 0.1) is 5.92 Å². The average Bonchev–Trinajstić information content (AvgIpc) is 2.86. The summed E-state index contributed by atoms with van der Waals surface area (Å²) in [6, 6.07) is 4.97. The molecule has 1 aromatic heterocycles. The predicted octanol–water partition coefficient (Wildman–Crippen LogP) is 3.59. The standard InChI is InChI=1S/C12H19NS/c1-2-11(12-4-3-9-14-12)13-8-7-10-5-6-10/h3-4,9-11,13H,2,5-8H2,1H3. The Morgan fingerprint density at radius 1 is 1.57 bits per heavy atom. The van der Waals surface area contributed by atoms with E-state index in [-0.39, 0.29) is 0 Å². The monoisotopic (exact) mass is 209 g/mol. The fraction of sp³-hybridized carbons (Fsp3) is 0.667. The smallest absolute Gasteiger partial charge is 0.0412 e. The van der Waals surface area contributed by atoms with E-state index < -0.39 is 0 Å². The largest absolute Gasteiger partial charge is 0.309 e. The summed E-state index contributed by atoms with van der Waals surface area (Å²) in [5.41, 5.74) is 0. The van der Waals surface area contributed by atoms with Crippen LogP contribution in [-0.2, 0) is 0 Å². The van der Waals surface area contributed by atoms with Crippen molar-refractivity contribution >= 4 is 11.3 Å². The van der Waals surface area contributed by atoms with Gasteiger partial charge in [0.05, 0.1) is 0 Å². The molecule has 0 spiro atoms. The maximum absolute atomic E-state index is 3.65. The highest BCUT2D eigenvalue weighted by Gasteiger charge is 2.20. The predicted molar refractivity (Wildman–Crippen MR) is 62.7 cm³/mol. The quantitative estimate of drug-likeness (QED) is 0.755. The zero-order valence-electron chi connectivity index (χ0n) is 8.83. The van der Waals surface area contributed by atoms with Gasteiger partial charge < -0.3 is 5.32 Å². The Morgan fingerprint density at radius 2 is 2.43 bits per heavy atom. The molecule has 0 radical (unpaired) electrons. The van der Waals surface area contributed by atoms with E-state index in [0.29, 0.717) is 6.04 Å². The van der Waals surface area contributed by atoms with Crippen LogP contribution in [0.5, 0.6) is 0 Å². The molecule has 0 saturated heterocycles. The van der Waals surface area contributed by atoms with Crippen LogP contribution < -0.4 is 5.32 Å². The SMILES string of the molecule is CCC(NCCC1CC1)c1cccs1. The molecule has 1 fully saturated rings. The van der Waals surface area contributed by atoms with Gasteiger partial charge in [-0.05, 0) is 36.8 Å². The molecule has 2 heteroatoms. The molecule has 78 valence electrons. The van der Waals surface area contributed by atoms with E-state index in [1.54, 1.807) is 0 Å². The molecule has 2 rings (SSSR count). The van der Waals surface area contributed by atoms with Gasteiger partial charge in [0.15, 0.2) is 0 Å². The molecule has 1 heterocycles. The van der Waals surface area contributed by atoms with Gasteiger partial charge in [-0.15, -0.1) is 11.3 Å². The fourth-order valence-electron chi connectivity index (χ4n) is 1.80. The molecule has 0 amide bonds. The van der Waals surface area contributed by atoms with Gasteiger partial charge >= 0.3 is 0 Å². The summed E-state index contributed by atoms with van der Waals surface area (Å²) < 4.78 is 0. The molecule has 0 bridgehead atoms. The Labute approximate surface area is 90.5 Å². The van der Waals surface area contributed by atoms with Crippen molar-refractivity contribution in [3.8, 4) is 0 Å². The Kier molecular flexibility index (Phi) is 3.60. The summed E-state index contributed by atoms with van der Waals surface area (Å²) in [5.74, 6) is 1.04. The molecular weight excluding hydrogens is 190 g/mol. The highest BCUT2D eigenvalue weighted by molar-refractivity contribution is 7.10. The van der Waals surface area contributed by atoms with Crippen LogP contribution in [-0.4, -0.2) is 6.54 Å². The van der Waals surface area contributed by atoms with Gasteiger partial charge in [0.1, 0.15) is 0 Å². The van der Waals surface area contributed by atoms with E-state index in [1.165, 1.54) is 37.1 Å². The van der Waals surface area contributed by atoms with E-state index >= 15 is 0 Å². The second-order valence-corrected chi connectivity index (χ2v) is 5.14. The summed E-state index contributed by atoms with van der Waals surface area (Å²) >= 11 is 1.87. The zero-order valence-corrected chi connectivity index (χ0v) is 9.65. The van der Waals surface area contributed by atoms with E-state index in [2.05, 4.69) is 29.8 Å². The Morgan fingerprint density at radius 3 is 3.00 bits per heavy atom. The number of hydrogen-bond donors (Lipinski definition) is 1. The minimum Gasteiger partial charge on any atom is -0.309 e.